The minimum atomic E-state index is -2.51. The van der Waals surface area contributed by atoms with Crippen LogP contribution in [0.5, 0.6) is 0 Å². The van der Waals surface area contributed by atoms with E-state index in [0.717, 1.165) is 0 Å². The van der Waals surface area contributed by atoms with Crippen LogP contribution < -0.4 is 0 Å². The molecule has 0 aromatic heterocycles. The summed E-state index contributed by atoms with van der Waals surface area (Å²) in [5, 5.41) is 9.03. The number of hydrogen-bond acceptors (Lipinski definition) is 2. The molecule has 1 N–H and O–H groups in total. The van der Waals surface area contributed by atoms with Gasteiger partial charge in [0.2, 0.25) is 0 Å². The third-order valence-corrected chi connectivity index (χ3v) is 2.06. The monoisotopic (exact) mass is 165 g/mol. The van der Waals surface area contributed by atoms with Gasteiger partial charge in [0, 0.05) is 25.9 Å². The zero-order chi connectivity index (χ0) is 8.48. The van der Waals surface area contributed by atoms with E-state index in [9.17, 15) is 8.78 Å². The molecule has 0 radical (unpaired) electrons. The summed E-state index contributed by atoms with van der Waals surface area (Å²) >= 11 is 0. The van der Waals surface area contributed by atoms with Crippen molar-refractivity contribution in [1.82, 2.24) is 4.90 Å². The lowest BCUT2D eigenvalue weighted by Crippen LogP contribution is -2.43. The molecule has 1 aliphatic rings. The van der Waals surface area contributed by atoms with Gasteiger partial charge in [-0.15, -0.1) is 0 Å². The van der Waals surface area contributed by atoms with Crippen molar-refractivity contribution in [3.05, 3.63) is 0 Å². The maximum atomic E-state index is 12.5. The third kappa shape index (κ3) is 2.38. The first-order valence-electron chi connectivity index (χ1n) is 3.81. The zero-order valence-corrected chi connectivity index (χ0v) is 6.56. The Morgan fingerprint density at radius 1 is 1.36 bits per heavy atom. The quantitative estimate of drug-likeness (QED) is 0.628. The van der Waals surface area contributed by atoms with Crippen LogP contribution in [-0.2, 0) is 0 Å². The lowest BCUT2D eigenvalue weighted by molar-refractivity contribution is -0.0896. The topological polar surface area (TPSA) is 23.5 Å². The van der Waals surface area contributed by atoms with Crippen LogP contribution in [0, 0.1) is 0 Å². The van der Waals surface area contributed by atoms with E-state index in [1.807, 2.05) is 0 Å². The molecule has 0 bridgehead atoms. The molecule has 1 saturated heterocycles. The van der Waals surface area contributed by atoms with Gasteiger partial charge >= 0.3 is 0 Å². The Bertz CT molecular complexity index is 128. The summed E-state index contributed by atoms with van der Waals surface area (Å²) in [5.41, 5.74) is 0. The van der Waals surface area contributed by atoms with E-state index in [-0.39, 0.29) is 12.8 Å². The second kappa shape index (κ2) is 3.03. The van der Waals surface area contributed by atoms with Gasteiger partial charge in [-0.05, 0) is 6.92 Å². The van der Waals surface area contributed by atoms with E-state index in [1.165, 1.54) is 0 Å². The van der Waals surface area contributed by atoms with Crippen molar-refractivity contribution in [2.45, 2.75) is 31.9 Å². The van der Waals surface area contributed by atoms with Crippen molar-refractivity contribution < 1.29 is 13.9 Å². The van der Waals surface area contributed by atoms with Crippen LogP contribution in [0.2, 0.25) is 0 Å². The Labute approximate surface area is 64.8 Å². The van der Waals surface area contributed by atoms with Crippen molar-refractivity contribution >= 4 is 0 Å². The first kappa shape index (κ1) is 8.87. The van der Waals surface area contributed by atoms with Gasteiger partial charge in [-0.1, -0.05) is 0 Å². The number of halogens is 2. The second-order valence-corrected chi connectivity index (χ2v) is 3.02. The lowest BCUT2D eigenvalue weighted by Gasteiger charge is -2.33. The Balaban J connectivity index is 2.36. The minimum absolute atomic E-state index is 0.127. The molecular weight excluding hydrogens is 152 g/mol. The summed E-state index contributed by atoms with van der Waals surface area (Å²) in [6.45, 7) is 2.19. The first-order valence-corrected chi connectivity index (χ1v) is 3.81. The predicted molar refractivity (Wildman–Crippen MR) is 37.4 cm³/mol. The van der Waals surface area contributed by atoms with Crippen molar-refractivity contribution in [2.75, 3.05) is 13.1 Å². The zero-order valence-electron chi connectivity index (χ0n) is 6.56. The lowest BCUT2D eigenvalue weighted by atomic mass is 10.1. The summed E-state index contributed by atoms with van der Waals surface area (Å²) in [5.74, 6) is -2.51. The Kier molecular flexibility index (Phi) is 2.44. The van der Waals surface area contributed by atoms with Crippen LogP contribution in [0.3, 0.4) is 0 Å². The Hall–Kier alpha value is -0.220. The molecule has 1 atom stereocenters. The van der Waals surface area contributed by atoms with Crippen molar-refractivity contribution in [3.63, 3.8) is 0 Å². The number of aliphatic hydroxyl groups excluding tert-OH is 1. The molecule has 0 amide bonds. The number of likely N-dealkylation sites (tertiary alicyclic amines) is 1. The molecule has 1 rings (SSSR count). The maximum absolute atomic E-state index is 12.5. The third-order valence-electron chi connectivity index (χ3n) is 2.06. The summed E-state index contributed by atoms with van der Waals surface area (Å²) in [6.07, 6.45) is -0.846. The Morgan fingerprint density at radius 3 is 2.18 bits per heavy atom. The first-order chi connectivity index (χ1) is 5.01. The van der Waals surface area contributed by atoms with Crippen LogP contribution in [0.4, 0.5) is 8.78 Å². The van der Waals surface area contributed by atoms with Gasteiger partial charge in [0.25, 0.3) is 5.92 Å². The molecule has 1 heterocycles. The van der Waals surface area contributed by atoms with E-state index < -0.39 is 12.2 Å². The molecule has 0 aliphatic carbocycles. The molecule has 0 saturated carbocycles. The van der Waals surface area contributed by atoms with Crippen molar-refractivity contribution in [3.8, 4) is 0 Å². The molecule has 1 aliphatic heterocycles. The van der Waals surface area contributed by atoms with Gasteiger partial charge in [0.1, 0.15) is 6.23 Å². The average molecular weight is 165 g/mol. The van der Waals surface area contributed by atoms with Gasteiger partial charge in [0.15, 0.2) is 0 Å². The van der Waals surface area contributed by atoms with Crippen LogP contribution in [0.15, 0.2) is 0 Å². The molecule has 11 heavy (non-hydrogen) atoms. The second-order valence-electron chi connectivity index (χ2n) is 3.02. The van der Waals surface area contributed by atoms with Crippen molar-refractivity contribution in [1.29, 1.82) is 0 Å². The average Bonchev–Trinajstić information content (AvgIpc) is 1.86. The van der Waals surface area contributed by atoms with Gasteiger partial charge in [-0.2, -0.15) is 0 Å². The number of aliphatic hydroxyl groups is 1. The predicted octanol–water partition coefficient (Wildman–Crippen LogP) is 1.06. The van der Waals surface area contributed by atoms with E-state index in [2.05, 4.69) is 0 Å². The number of alkyl halides is 2. The van der Waals surface area contributed by atoms with Crippen LogP contribution in [-0.4, -0.2) is 35.2 Å². The summed E-state index contributed by atoms with van der Waals surface area (Å²) in [4.78, 5) is 1.65. The van der Waals surface area contributed by atoms with Gasteiger partial charge in [0.05, 0.1) is 0 Å². The van der Waals surface area contributed by atoms with Crippen LogP contribution in [0.1, 0.15) is 19.8 Å². The fraction of sp³-hybridized carbons (Fsp3) is 1.00. The molecule has 0 spiro atoms. The fourth-order valence-corrected chi connectivity index (χ4v) is 1.22. The largest absolute Gasteiger partial charge is 0.379 e. The molecule has 0 aromatic rings. The van der Waals surface area contributed by atoms with Crippen LogP contribution in [0.25, 0.3) is 0 Å². The molecule has 1 fully saturated rings. The SMILES string of the molecule is CC(O)N1CCC(F)(F)CC1. The standard InChI is InChI=1S/C7H13F2NO/c1-6(11)10-4-2-7(8,9)3-5-10/h6,11H,2-5H2,1H3. The fourth-order valence-electron chi connectivity index (χ4n) is 1.22. The summed E-state index contributed by atoms with van der Waals surface area (Å²) in [7, 11) is 0. The van der Waals surface area contributed by atoms with Crippen LogP contribution >= 0.6 is 0 Å². The normalized spacial score (nSPS) is 28.4. The molecule has 2 nitrogen and oxygen atoms in total. The molecule has 4 heteroatoms. The minimum Gasteiger partial charge on any atom is -0.379 e. The number of hydrogen-bond donors (Lipinski definition) is 1. The number of rotatable bonds is 1. The summed E-state index contributed by atoms with van der Waals surface area (Å²) < 4.78 is 25.1. The highest BCUT2D eigenvalue weighted by atomic mass is 19.3. The van der Waals surface area contributed by atoms with E-state index in [1.54, 1.807) is 11.8 Å². The highest BCUT2D eigenvalue weighted by Crippen LogP contribution is 2.27. The number of piperidine rings is 1. The van der Waals surface area contributed by atoms with Gasteiger partial charge in [-0.25, -0.2) is 8.78 Å². The highest BCUT2D eigenvalue weighted by molar-refractivity contribution is 4.77. The molecule has 0 aromatic carbocycles. The van der Waals surface area contributed by atoms with E-state index in [0.29, 0.717) is 13.1 Å². The van der Waals surface area contributed by atoms with E-state index in [4.69, 9.17) is 5.11 Å². The van der Waals surface area contributed by atoms with Gasteiger partial charge in [-0.3, -0.25) is 4.90 Å². The van der Waals surface area contributed by atoms with Gasteiger partial charge < -0.3 is 5.11 Å². The molecule has 66 valence electrons. The molecule has 1 unspecified atom stereocenters. The van der Waals surface area contributed by atoms with E-state index >= 15 is 0 Å². The molecular formula is C7H13F2NO. The van der Waals surface area contributed by atoms with Crippen molar-refractivity contribution in [2.24, 2.45) is 0 Å². The smallest absolute Gasteiger partial charge is 0.250 e. The summed E-state index contributed by atoms with van der Waals surface area (Å²) in [6, 6.07) is 0. The Morgan fingerprint density at radius 2 is 1.82 bits per heavy atom. The number of nitrogens with zero attached hydrogens (tertiary/aromatic N) is 1. The maximum Gasteiger partial charge on any atom is 0.250 e. The highest BCUT2D eigenvalue weighted by Gasteiger charge is 2.34.